The van der Waals surface area contributed by atoms with Crippen LogP contribution in [0.2, 0.25) is 5.02 Å². The summed E-state index contributed by atoms with van der Waals surface area (Å²) >= 11 is 6.24. The molecule has 1 aromatic carbocycles. The average molecular weight is 246 g/mol. The first-order chi connectivity index (χ1) is 8.13. The minimum absolute atomic E-state index is 0.628. The average Bonchev–Trinajstić information content (AvgIpc) is 2.28. The van der Waals surface area contributed by atoms with Crippen LogP contribution in [-0.4, -0.2) is 11.3 Å². The van der Waals surface area contributed by atoms with Crippen molar-refractivity contribution in [1.29, 1.82) is 0 Å². The van der Waals surface area contributed by atoms with E-state index in [0.29, 0.717) is 10.6 Å². The molecule has 2 rings (SSSR count). The highest BCUT2D eigenvalue weighted by molar-refractivity contribution is 6.33. The fourth-order valence-electron chi connectivity index (χ4n) is 1.93. The number of rotatable bonds is 2. The van der Waals surface area contributed by atoms with Gasteiger partial charge in [0.15, 0.2) is 6.29 Å². The van der Waals surface area contributed by atoms with Crippen molar-refractivity contribution in [3.05, 3.63) is 52.3 Å². The quantitative estimate of drug-likeness (QED) is 0.753. The lowest BCUT2D eigenvalue weighted by atomic mass is 9.99. The van der Waals surface area contributed by atoms with Gasteiger partial charge in [0.05, 0.1) is 5.02 Å². The summed E-state index contributed by atoms with van der Waals surface area (Å²) in [7, 11) is 0. The Morgan fingerprint density at radius 3 is 2.59 bits per heavy atom. The maximum Gasteiger partial charge on any atom is 0.150 e. The number of hydrogen-bond acceptors (Lipinski definition) is 2. The van der Waals surface area contributed by atoms with Crippen LogP contribution in [0.25, 0.3) is 11.1 Å². The van der Waals surface area contributed by atoms with Crippen LogP contribution in [0.5, 0.6) is 0 Å². The summed E-state index contributed by atoms with van der Waals surface area (Å²) in [5.41, 5.74) is 4.00. The minimum atomic E-state index is 0.628. The summed E-state index contributed by atoms with van der Waals surface area (Å²) in [6, 6.07) is 9.19. The first kappa shape index (κ1) is 11.8. The van der Waals surface area contributed by atoms with Crippen LogP contribution in [0.3, 0.4) is 0 Å². The van der Waals surface area contributed by atoms with Crippen LogP contribution < -0.4 is 0 Å². The van der Waals surface area contributed by atoms with E-state index in [1.54, 1.807) is 6.07 Å². The van der Waals surface area contributed by atoms with Gasteiger partial charge >= 0.3 is 0 Å². The zero-order valence-corrected chi connectivity index (χ0v) is 10.5. The fourth-order valence-corrected chi connectivity index (χ4v) is 2.33. The van der Waals surface area contributed by atoms with Crippen molar-refractivity contribution >= 4 is 17.9 Å². The van der Waals surface area contributed by atoms with Gasteiger partial charge in [-0.2, -0.15) is 0 Å². The van der Waals surface area contributed by atoms with Gasteiger partial charge in [-0.3, -0.25) is 9.78 Å². The molecule has 3 heteroatoms. The van der Waals surface area contributed by atoms with Crippen LogP contribution in [0.4, 0.5) is 0 Å². The van der Waals surface area contributed by atoms with Crippen LogP contribution in [0, 0.1) is 13.8 Å². The highest BCUT2D eigenvalue weighted by Crippen LogP contribution is 2.32. The summed E-state index contributed by atoms with van der Waals surface area (Å²) in [5.74, 6) is 0. The van der Waals surface area contributed by atoms with E-state index in [0.717, 1.165) is 28.8 Å². The van der Waals surface area contributed by atoms with Crippen LogP contribution in [0.15, 0.2) is 30.3 Å². The van der Waals surface area contributed by atoms with E-state index < -0.39 is 0 Å². The molecule has 0 unspecified atom stereocenters. The van der Waals surface area contributed by atoms with Crippen molar-refractivity contribution < 1.29 is 4.79 Å². The molecule has 1 aromatic heterocycles. The van der Waals surface area contributed by atoms with E-state index in [4.69, 9.17) is 11.6 Å². The molecular weight excluding hydrogens is 234 g/mol. The number of pyridine rings is 1. The summed E-state index contributed by atoms with van der Waals surface area (Å²) < 4.78 is 0. The van der Waals surface area contributed by atoms with E-state index >= 15 is 0 Å². The van der Waals surface area contributed by atoms with Gasteiger partial charge in [-0.25, -0.2) is 0 Å². The van der Waals surface area contributed by atoms with E-state index in [1.807, 2.05) is 38.1 Å². The van der Waals surface area contributed by atoms with Crippen LogP contribution in [-0.2, 0) is 0 Å². The van der Waals surface area contributed by atoms with Gasteiger partial charge in [0.2, 0.25) is 0 Å². The molecule has 17 heavy (non-hydrogen) atoms. The zero-order valence-electron chi connectivity index (χ0n) is 9.70. The summed E-state index contributed by atoms with van der Waals surface area (Å²) in [6.07, 6.45) is 0.838. The van der Waals surface area contributed by atoms with Crippen molar-refractivity contribution in [2.75, 3.05) is 0 Å². The molecule has 0 aliphatic carbocycles. The summed E-state index contributed by atoms with van der Waals surface area (Å²) in [4.78, 5) is 15.4. The van der Waals surface area contributed by atoms with E-state index in [9.17, 15) is 4.79 Å². The predicted molar refractivity (Wildman–Crippen MR) is 69.5 cm³/mol. The van der Waals surface area contributed by atoms with Gasteiger partial charge in [-0.05, 0) is 25.5 Å². The number of aldehydes is 1. The predicted octanol–water partition coefficient (Wildman–Crippen LogP) is 3.83. The number of halogens is 1. The number of carbonyl (C=O) groups excluding carboxylic acids is 1. The van der Waals surface area contributed by atoms with Gasteiger partial charge in [-0.15, -0.1) is 0 Å². The minimum Gasteiger partial charge on any atom is -0.298 e. The third-order valence-electron chi connectivity index (χ3n) is 2.64. The molecule has 0 aliphatic heterocycles. The molecule has 0 N–H and O–H groups in total. The number of hydrogen-bond donors (Lipinski definition) is 0. The Bertz CT molecular complexity index is 555. The lowest BCUT2D eigenvalue weighted by molar-refractivity contribution is 0.112. The maximum absolute atomic E-state index is 11.0. The summed E-state index contributed by atoms with van der Waals surface area (Å²) in [5, 5.41) is 0.629. The molecule has 0 atom stereocenters. The molecule has 2 aromatic rings. The molecule has 0 radical (unpaired) electrons. The largest absolute Gasteiger partial charge is 0.298 e. The Balaban J connectivity index is 2.72. The molecule has 0 spiro atoms. The third-order valence-corrected chi connectivity index (χ3v) is 2.94. The van der Waals surface area contributed by atoms with Crippen molar-refractivity contribution in [2.45, 2.75) is 13.8 Å². The molecule has 86 valence electrons. The number of aryl methyl sites for hydroxylation is 2. The Morgan fingerprint density at radius 2 is 1.94 bits per heavy atom. The highest BCUT2D eigenvalue weighted by Gasteiger charge is 2.12. The number of nitrogens with zero attached hydrogens (tertiary/aromatic N) is 1. The van der Waals surface area contributed by atoms with E-state index in [-0.39, 0.29) is 0 Å². The molecule has 1 heterocycles. The lowest BCUT2D eigenvalue weighted by Gasteiger charge is -2.10. The first-order valence-electron chi connectivity index (χ1n) is 5.32. The Morgan fingerprint density at radius 1 is 1.24 bits per heavy atom. The first-order valence-corrected chi connectivity index (χ1v) is 5.69. The molecule has 0 aliphatic rings. The van der Waals surface area contributed by atoms with E-state index in [1.165, 1.54) is 0 Å². The van der Waals surface area contributed by atoms with Crippen molar-refractivity contribution in [3.63, 3.8) is 0 Å². The number of aromatic nitrogens is 1. The fraction of sp³-hybridized carbons (Fsp3) is 0.143. The van der Waals surface area contributed by atoms with Crippen molar-refractivity contribution in [3.8, 4) is 11.1 Å². The van der Waals surface area contributed by atoms with Crippen molar-refractivity contribution in [1.82, 2.24) is 4.98 Å². The van der Waals surface area contributed by atoms with Gasteiger partial charge in [0.1, 0.15) is 0 Å². The molecule has 0 amide bonds. The molecule has 0 saturated carbocycles. The second-order valence-corrected chi connectivity index (χ2v) is 4.32. The van der Waals surface area contributed by atoms with Gasteiger partial charge in [0, 0.05) is 22.5 Å². The van der Waals surface area contributed by atoms with Crippen LogP contribution in [0.1, 0.15) is 21.7 Å². The molecule has 0 saturated heterocycles. The highest BCUT2D eigenvalue weighted by atomic mass is 35.5. The second-order valence-electron chi connectivity index (χ2n) is 3.91. The molecule has 0 bridgehead atoms. The lowest BCUT2D eigenvalue weighted by Crippen LogP contribution is -1.95. The monoisotopic (exact) mass is 245 g/mol. The third kappa shape index (κ3) is 2.22. The molecule has 0 fully saturated rings. The van der Waals surface area contributed by atoms with E-state index in [2.05, 4.69) is 4.98 Å². The number of carbonyl (C=O) groups is 1. The molecule has 2 nitrogen and oxygen atoms in total. The normalized spacial score (nSPS) is 10.3. The SMILES string of the molecule is Cc1cc(Cl)c(-c2ccccc2C=O)c(C)n1. The standard InChI is InChI=1S/C14H12ClNO/c1-9-7-13(15)14(10(2)16-9)12-6-4-3-5-11(12)8-17/h3-8H,1-2H3. The number of benzene rings is 1. The second kappa shape index (κ2) is 4.68. The van der Waals surface area contributed by atoms with Gasteiger partial charge in [0.25, 0.3) is 0 Å². The smallest absolute Gasteiger partial charge is 0.150 e. The Hall–Kier alpha value is -1.67. The van der Waals surface area contributed by atoms with Gasteiger partial charge < -0.3 is 0 Å². The van der Waals surface area contributed by atoms with Gasteiger partial charge in [-0.1, -0.05) is 35.9 Å². The Labute approximate surface area is 105 Å². The Kier molecular flexibility index (Phi) is 3.25. The van der Waals surface area contributed by atoms with Crippen LogP contribution >= 0.6 is 11.6 Å². The van der Waals surface area contributed by atoms with Crippen molar-refractivity contribution in [2.24, 2.45) is 0 Å². The molecular formula is C14H12ClNO. The topological polar surface area (TPSA) is 30.0 Å². The maximum atomic E-state index is 11.0. The summed E-state index contributed by atoms with van der Waals surface area (Å²) in [6.45, 7) is 3.80. The zero-order chi connectivity index (χ0) is 12.4.